The Hall–Kier alpha value is -3.14. The molecule has 0 bridgehead atoms. The maximum Gasteiger partial charge on any atom is 0.160 e. The molecular weight excluding hydrogens is 296 g/mol. The van der Waals surface area contributed by atoms with E-state index in [2.05, 4.69) is 76.0 Å². The first-order valence-corrected chi connectivity index (χ1v) is 8.06. The SMILES string of the molecule is Cc1ccc(C2Nc3ccccc3-c3cnnc4[nH]cc2c34)cc1. The van der Waals surface area contributed by atoms with E-state index in [1.54, 1.807) is 0 Å². The molecule has 2 aromatic carbocycles. The van der Waals surface area contributed by atoms with Crippen LogP contribution in [0.2, 0.25) is 0 Å². The van der Waals surface area contributed by atoms with Crippen molar-refractivity contribution in [2.45, 2.75) is 13.0 Å². The zero-order valence-corrected chi connectivity index (χ0v) is 13.2. The molecule has 0 radical (unpaired) electrons. The second-order valence-electron chi connectivity index (χ2n) is 6.26. The van der Waals surface area contributed by atoms with Gasteiger partial charge in [0.2, 0.25) is 0 Å². The number of hydrogen-bond acceptors (Lipinski definition) is 3. The highest BCUT2D eigenvalue weighted by Gasteiger charge is 2.26. The van der Waals surface area contributed by atoms with Crippen LogP contribution in [0.4, 0.5) is 5.69 Å². The van der Waals surface area contributed by atoms with Crippen LogP contribution in [-0.4, -0.2) is 15.2 Å². The fraction of sp³-hybridized carbons (Fsp3) is 0.100. The second kappa shape index (κ2) is 4.93. The first-order chi connectivity index (χ1) is 11.8. The van der Waals surface area contributed by atoms with Gasteiger partial charge in [-0.05, 0) is 18.6 Å². The Morgan fingerprint density at radius 1 is 0.958 bits per heavy atom. The van der Waals surface area contributed by atoms with Crippen molar-refractivity contribution in [3.05, 3.63) is 77.6 Å². The van der Waals surface area contributed by atoms with Gasteiger partial charge in [0.25, 0.3) is 0 Å². The molecule has 1 atom stereocenters. The summed E-state index contributed by atoms with van der Waals surface area (Å²) in [5.74, 6) is 0. The number of aromatic amines is 1. The minimum absolute atomic E-state index is 0.0750. The predicted octanol–water partition coefficient (Wildman–Crippen LogP) is 4.45. The van der Waals surface area contributed by atoms with Gasteiger partial charge in [-0.1, -0.05) is 48.0 Å². The number of nitrogens with one attached hydrogen (secondary N) is 2. The molecule has 116 valence electrons. The van der Waals surface area contributed by atoms with Crippen molar-refractivity contribution in [1.82, 2.24) is 15.2 Å². The summed E-state index contributed by atoms with van der Waals surface area (Å²) in [5.41, 5.74) is 7.93. The number of benzene rings is 2. The number of rotatable bonds is 1. The van der Waals surface area contributed by atoms with Crippen LogP contribution in [0.3, 0.4) is 0 Å². The van der Waals surface area contributed by atoms with E-state index in [1.165, 1.54) is 16.7 Å². The third-order valence-electron chi connectivity index (χ3n) is 4.74. The van der Waals surface area contributed by atoms with E-state index in [9.17, 15) is 0 Å². The van der Waals surface area contributed by atoms with E-state index in [-0.39, 0.29) is 6.04 Å². The van der Waals surface area contributed by atoms with Crippen LogP contribution in [-0.2, 0) is 0 Å². The molecule has 2 aromatic heterocycles. The van der Waals surface area contributed by atoms with E-state index in [4.69, 9.17) is 0 Å². The molecule has 1 unspecified atom stereocenters. The van der Waals surface area contributed by atoms with Crippen LogP contribution in [0.5, 0.6) is 0 Å². The van der Waals surface area contributed by atoms with Crippen molar-refractivity contribution >= 4 is 16.7 Å². The first-order valence-electron chi connectivity index (χ1n) is 8.06. The van der Waals surface area contributed by atoms with Crippen molar-refractivity contribution in [3.63, 3.8) is 0 Å². The van der Waals surface area contributed by atoms with Crippen molar-refractivity contribution < 1.29 is 0 Å². The average Bonchev–Trinajstić information content (AvgIpc) is 2.98. The minimum atomic E-state index is 0.0750. The highest BCUT2D eigenvalue weighted by Crippen LogP contribution is 2.42. The minimum Gasteiger partial charge on any atom is -0.374 e. The summed E-state index contributed by atoms with van der Waals surface area (Å²) in [6.45, 7) is 2.11. The summed E-state index contributed by atoms with van der Waals surface area (Å²) < 4.78 is 0. The Kier molecular flexibility index (Phi) is 2.73. The quantitative estimate of drug-likeness (QED) is 0.546. The van der Waals surface area contributed by atoms with Gasteiger partial charge < -0.3 is 10.3 Å². The molecule has 2 N–H and O–H groups in total. The van der Waals surface area contributed by atoms with Gasteiger partial charge in [-0.25, -0.2) is 0 Å². The predicted molar refractivity (Wildman–Crippen MR) is 96.0 cm³/mol. The highest BCUT2D eigenvalue weighted by molar-refractivity contribution is 6.00. The maximum atomic E-state index is 4.27. The number of nitrogens with zero attached hydrogens (tertiary/aromatic N) is 2. The number of para-hydroxylation sites is 1. The van der Waals surface area contributed by atoms with Crippen molar-refractivity contribution in [2.24, 2.45) is 0 Å². The number of aryl methyl sites for hydroxylation is 1. The van der Waals surface area contributed by atoms with Gasteiger partial charge >= 0.3 is 0 Å². The summed E-state index contributed by atoms with van der Waals surface area (Å²) in [6.07, 6.45) is 3.91. The molecule has 0 saturated heterocycles. The third-order valence-corrected chi connectivity index (χ3v) is 4.74. The van der Waals surface area contributed by atoms with Crippen LogP contribution < -0.4 is 5.32 Å². The number of fused-ring (bicyclic) bond motifs is 2. The second-order valence-corrected chi connectivity index (χ2v) is 6.26. The van der Waals surface area contributed by atoms with E-state index >= 15 is 0 Å². The zero-order chi connectivity index (χ0) is 16.1. The number of H-pyrrole nitrogens is 1. The smallest absolute Gasteiger partial charge is 0.160 e. The summed E-state index contributed by atoms with van der Waals surface area (Å²) in [4.78, 5) is 3.28. The highest BCUT2D eigenvalue weighted by atomic mass is 15.1. The van der Waals surface area contributed by atoms with Gasteiger partial charge in [-0.2, -0.15) is 5.10 Å². The van der Waals surface area contributed by atoms with Crippen LogP contribution in [0.15, 0.2) is 60.9 Å². The topological polar surface area (TPSA) is 53.6 Å². The molecule has 4 nitrogen and oxygen atoms in total. The van der Waals surface area contributed by atoms with Gasteiger partial charge in [0, 0.05) is 34.0 Å². The third kappa shape index (κ3) is 1.86. The molecule has 24 heavy (non-hydrogen) atoms. The summed E-state index contributed by atoms with van der Waals surface area (Å²) in [7, 11) is 0. The van der Waals surface area contributed by atoms with Crippen molar-refractivity contribution in [1.29, 1.82) is 0 Å². The average molecular weight is 312 g/mol. The van der Waals surface area contributed by atoms with Crippen LogP contribution in [0.1, 0.15) is 22.7 Å². The molecule has 0 amide bonds. The lowest BCUT2D eigenvalue weighted by Gasteiger charge is -2.19. The van der Waals surface area contributed by atoms with E-state index in [1.807, 2.05) is 12.4 Å². The van der Waals surface area contributed by atoms with Gasteiger partial charge in [0.05, 0.1) is 12.2 Å². The first kappa shape index (κ1) is 13.3. The van der Waals surface area contributed by atoms with Gasteiger partial charge in [0.1, 0.15) is 0 Å². The van der Waals surface area contributed by atoms with Crippen molar-refractivity contribution in [2.75, 3.05) is 5.32 Å². The Morgan fingerprint density at radius 3 is 2.67 bits per heavy atom. The Bertz CT molecular complexity index is 1050. The number of hydrogen-bond donors (Lipinski definition) is 2. The van der Waals surface area contributed by atoms with Gasteiger partial charge in [0.15, 0.2) is 5.65 Å². The Morgan fingerprint density at radius 2 is 1.79 bits per heavy atom. The van der Waals surface area contributed by atoms with E-state index in [0.29, 0.717) is 0 Å². The largest absolute Gasteiger partial charge is 0.374 e. The Balaban J connectivity index is 1.83. The van der Waals surface area contributed by atoms with E-state index in [0.717, 1.165) is 27.8 Å². The van der Waals surface area contributed by atoms with Gasteiger partial charge in [-0.15, -0.1) is 5.10 Å². The monoisotopic (exact) mass is 312 g/mol. The van der Waals surface area contributed by atoms with Crippen LogP contribution >= 0.6 is 0 Å². The molecule has 0 saturated carbocycles. The summed E-state index contributed by atoms with van der Waals surface area (Å²) in [6, 6.07) is 17.1. The lowest BCUT2D eigenvalue weighted by atomic mass is 9.97. The maximum absolute atomic E-state index is 4.27. The zero-order valence-electron chi connectivity index (χ0n) is 13.2. The van der Waals surface area contributed by atoms with Crippen LogP contribution in [0, 0.1) is 6.92 Å². The molecule has 4 heteroatoms. The fourth-order valence-electron chi connectivity index (χ4n) is 3.53. The molecule has 5 rings (SSSR count). The van der Waals surface area contributed by atoms with Gasteiger partial charge in [-0.3, -0.25) is 0 Å². The number of anilines is 1. The molecule has 0 spiro atoms. The van der Waals surface area contributed by atoms with E-state index < -0.39 is 0 Å². The fourth-order valence-corrected chi connectivity index (χ4v) is 3.53. The molecule has 1 aliphatic heterocycles. The molecule has 1 aliphatic rings. The summed E-state index contributed by atoms with van der Waals surface area (Å²) in [5, 5.41) is 13.3. The Labute approximate surface area is 139 Å². The molecule has 0 aliphatic carbocycles. The molecular formula is C20H16N4. The lowest BCUT2D eigenvalue weighted by Crippen LogP contribution is -2.11. The molecule has 0 fully saturated rings. The normalized spacial score (nSPS) is 15.6. The van der Waals surface area contributed by atoms with Crippen LogP contribution in [0.25, 0.3) is 22.2 Å². The molecule has 3 heterocycles. The summed E-state index contributed by atoms with van der Waals surface area (Å²) >= 11 is 0. The standard InChI is InChI=1S/C20H16N4/c1-12-6-8-13(9-7-12)19-16-10-21-20-18(16)15(11-22-24-20)14-4-2-3-5-17(14)23-19/h2-11,19,23H,1H3,(H,21,24). The number of aromatic nitrogens is 3. The molecule has 4 aromatic rings. The lowest BCUT2D eigenvalue weighted by molar-refractivity contribution is 0.952. The van der Waals surface area contributed by atoms with Crippen molar-refractivity contribution in [3.8, 4) is 11.1 Å².